The van der Waals surface area contributed by atoms with E-state index in [0.29, 0.717) is 41.9 Å². The Kier molecular flexibility index (Phi) is 7.89. The summed E-state index contributed by atoms with van der Waals surface area (Å²) < 4.78 is 28.7. The monoisotopic (exact) mass is 547 g/mol. The number of sulfonamides is 1. The smallest absolute Gasteiger partial charge is 0.254 e. The molecule has 3 aromatic rings. The molecule has 4 N–H and O–H groups in total. The van der Waals surface area contributed by atoms with Gasteiger partial charge in [-0.2, -0.15) is 0 Å². The molecule has 204 valence electrons. The Labute approximate surface area is 229 Å². The van der Waals surface area contributed by atoms with Gasteiger partial charge in [-0.15, -0.1) is 0 Å². The third kappa shape index (κ3) is 6.71. The van der Waals surface area contributed by atoms with Gasteiger partial charge in [-0.1, -0.05) is 54.6 Å². The van der Waals surface area contributed by atoms with Crippen LogP contribution in [0.3, 0.4) is 0 Å². The van der Waals surface area contributed by atoms with E-state index >= 15 is 0 Å². The van der Waals surface area contributed by atoms with Gasteiger partial charge in [0.15, 0.2) is 0 Å². The number of hydrogen-bond donors (Lipinski definition) is 3. The first-order valence-electron chi connectivity index (χ1n) is 12.6. The van der Waals surface area contributed by atoms with Gasteiger partial charge in [-0.25, -0.2) is 13.1 Å². The Hall–Kier alpha value is -4.02. The molecule has 1 heterocycles. The summed E-state index contributed by atoms with van der Waals surface area (Å²) in [5.74, 6) is -0.410. The second kappa shape index (κ2) is 11.0. The van der Waals surface area contributed by atoms with Crippen molar-refractivity contribution in [3.8, 4) is 11.1 Å². The number of carbonyl (C=O) groups is 2. The van der Waals surface area contributed by atoms with Gasteiger partial charge in [0.25, 0.3) is 5.91 Å². The molecule has 0 aliphatic carbocycles. The molecule has 0 atom stereocenters. The van der Waals surface area contributed by atoms with E-state index < -0.39 is 15.6 Å². The maximum Gasteiger partial charge on any atom is 0.254 e. The van der Waals surface area contributed by atoms with Crippen LogP contribution in [-0.2, 0) is 21.4 Å². The summed E-state index contributed by atoms with van der Waals surface area (Å²) in [5.41, 5.74) is 8.03. The Morgan fingerprint density at radius 2 is 1.56 bits per heavy atom. The number of amides is 2. The third-order valence-corrected chi connectivity index (χ3v) is 8.12. The van der Waals surface area contributed by atoms with Gasteiger partial charge >= 0.3 is 0 Å². The predicted molar refractivity (Wildman–Crippen MR) is 151 cm³/mol. The number of nitrogen functional groups attached to an aromatic ring is 1. The fourth-order valence-corrected chi connectivity index (χ4v) is 6.08. The van der Waals surface area contributed by atoms with Gasteiger partial charge in [0.1, 0.15) is 12.4 Å². The summed E-state index contributed by atoms with van der Waals surface area (Å²) in [7, 11) is -3.76. The highest BCUT2D eigenvalue weighted by Crippen LogP contribution is 2.28. The average Bonchev–Trinajstić information content (AvgIpc) is 2.88. The topological polar surface area (TPSA) is 137 Å². The molecule has 4 rings (SSSR count). The minimum absolute atomic E-state index is 0.00966. The molecule has 9 nitrogen and oxygen atoms in total. The van der Waals surface area contributed by atoms with Crippen molar-refractivity contribution in [2.45, 2.75) is 37.8 Å². The summed E-state index contributed by atoms with van der Waals surface area (Å²) in [6.45, 7) is 6.55. The predicted octanol–water partition coefficient (Wildman–Crippen LogP) is 3.20. The second-order valence-electron chi connectivity index (χ2n) is 10.6. The van der Waals surface area contributed by atoms with E-state index in [1.165, 1.54) is 4.90 Å². The first-order chi connectivity index (χ1) is 18.3. The Bertz CT molecular complexity index is 1490. The number of nitrogens with one attached hydrogen (secondary N) is 2. The highest BCUT2D eigenvalue weighted by molar-refractivity contribution is 7.89. The van der Waals surface area contributed by atoms with Crippen LogP contribution in [0.4, 0.5) is 0 Å². The van der Waals surface area contributed by atoms with Gasteiger partial charge < -0.3 is 15.5 Å². The fraction of sp³-hybridized carbons (Fsp3) is 0.276. The minimum atomic E-state index is -3.76. The fourth-order valence-electron chi connectivity index (χ4n) is 4.43. The summed E-state index contributed by atoms with van der Waals surface area (Å²) in [5, 5.41) is 7.49. The molecule has 0 unspecified atom stereocenters. The van der Waals surface area contributed by atoms with E-state index in [-0.39, 0.29) is 29.1 Å². The van der Waals surface area contributed by atoms with Crippen molar-refractivity contribution in [1.29, 1.82) is 5.41 Å². The van der Waals surface area contributed by atoms with Crippen molar-refractivity contribution < 1.29 is 18.0 Å². The lowest BCUT2D eigenvalue weighted by molar-refractivity contribution is -0.135. The number of hydrogen-bond acceptors (Lipinski definition) is 5. The molecule has 39 heavy (non-hydrogen) atoms. The van der Waals surface area contributed by atoms with Crippen LogP contribution in [0.15, 0.2) is 77.7 Å². The van der Waals surface area contributed by atoms with Crippen molar-refractivity contribution in [1.82, 2.24) is 14.5 Å². The van der Waals surface area contributed by atoms with E-state index in [0.717, 1.165) is 5.56 Å². The molecule has 0 spiro atoms. The largest absolute Gasteiger partial charge is 0.384 e. The van der Waals surface area contributed by atoms with Crippen LogP contribution >= 0.6 is 0 Å². The summed E-state index contributed by atoms with van der Waals surface area (Å²) >= 11 is 0. The minimum Gasteiger partial charge on any atom is -0.384 e. The van der Waals surface area contributed by atoms with E-state index in [9.17, 15) is 18.0 Å². The Balaban J connectivity index is 1.44. The maximum absolute atomic E-state index is 13.2. The highest BCUT2D eigenvalue weighted by Gasteiger charge is 2.28. The molecular formula is C29H33N5O4S. The lowest BCUT2D eigenvalue weighted by Gasteiger charge is -2.34. The molecule has 1 fully saturated rings. The van der Waals surface area contributed by atoms with Crippen LogP contribution in [0.25, 0.3) is 11.1 Å². The van der Waals surface area contributed by atoms with Crippen molar-refractivity contribution in [3.63, 3.8) is 0 Å². The van der Waals surface area contributed by atoms with Crippen LogP contribution in [-0.4, -0.2) is 61.0 Å². The lowest BCUT2D eigenvalue weighted by Crippen LogP contribution is -2.51. The first-order valence-corrected chi connectivity index (χ1v) is 14.1. The second-order valence-corrected chi connectivity index (χ2v) is 12.2. The molecule has 0 saturated carbocycles. The van der Waals surface area contributed by atoms with Crippen molar-refractivity contribution in [3.05, 3.63) is 89.5 Å². The van der Waals surface area contributed by atoms with E-state index in [4.69, 9.17) is 11.1 Å². The molecule has 0 radical (unpaired) electrons. The van der Waals surface area contributed by atoms with Crippen LogP contribution < -0.4 is 10.5 Å². The number of amidine groups is 1. The quantitative estimate of drug-likeness (QED) is 0.308. The highest BCUT2D eigenvalue weighted by atomic mass is 32.2. The summed E-state index contributed by atoms with van der Waals surface area (Å²) in [4.78, 5) is 29.4. The van der Waals surface area contributed by atoms with Crippen LogP contribution in [0.2, 0.25) is 0 Å². The molecule has 0 bridgehead atoms. The van der Waals surface area contributed by atoms with Crippen LogP contribution in [0.5, 0.6) is 0 Å². The zero-order chi connectivity index (χ0) is 28.4. The van der Waals surface area contributed by atoms with Crippen molar-refractivity contribution in [2.75, 3.05) is 19.6 Å². The lowest BCUT2D eigenvalue weighted by atomic mass is 10.0. The molecule has 2 amide bonds. The normalized spacial score (nSPS) is 14.4. The van der Waals surface area contributed by atoms with E-state index in [1.54, 1.807) is 86.3 Å². The zero-order valence-electron chi connectivity index (χ0n) is 22.3. The number of nitrogens with two attached hydrogens (primary N) is 1. The number of rotatable bonds is 7. The van der Waals surface area contributed by atoms with Crippen LogP contribution in [0.1, 0.15) is 42.3 Å². The Morgan fingerprint density at radius 1 is 0.949 bits per heavy atom. The molecule has 1 aliphatic rings. The van der Waals surface area contributed by atoms with Crippen molar-refractivity contribution >= 4 is 27.7 Å². The SMILES string of the molecule is CC(C)(C)NS(=O)(=O)c1ccccc1-c1ccc(C(=O)N2CCN(Cc3ccc(C(=N)N)cc3)C(=O)C2)cc1. The summed E-state index contributed by atoms with van der Waals surface area (Å²) in [6, 6.07) is 20.7. The molecule has 1 saturated heterocycles. The Morgan fingerprint density at radius 3 is 2.15 bits per heavy atom. The molecular weight excluding hydrogens is 514 g/mol. The standard InChI is InChI=1S/C29H33N5O4S/c1-29(2,3)32-39(37,38)25-7-5-4-6-24(25)21-12-14-23(15-13-21)28(36)34-17-16-33(26(35)19-34)18-20-8-10-22(11-9-20)27(30)31/h4-15,32H,16-19H2,1-3H3,(H3,30,31). The van der Waals surface area contributed by atoms with Gasteiger partial charge in [-0.05, 0) is 50.1 Å². The number of nitrogens with zero attached hydrogens (tertiary/aromatic N) is 2. The van der Waals surface area contributed by atoms with E-state index in [2.05, 4.69) is 4.72 Å². The van der Waals surface area contributed by atoms with Gasteiger partial charge in [0.2, 0.25) is 15.9 Å². The van der Waals surface area contributed by atoms with Gasteiger partial charge in [-0.3, -0.25) is 15.0 Å². The van der Waals surface area contributed by atoms with Gasteiger partial charge in [0, 0.05) is 41.9 Å². The molecule has 3 aromatic carbocycles. The summed E-state index contributed by atoms with van der Waals surface area (Å²) in [6.07, 6.45) is 0. The molecule has 0 aromatic heterocycles. The zero-order valence-corrected chi connectivity index (χ0v) is 23.1. The third-order valence-electron chi connectivity index (χ3n) is 6.30. The van der Waals surface area contributed by atoms with Crippen molar-refractivity contribution in [2.24, 2.45) is 5.73 Å². The number of piperazine rings is 1. The maximum atomic E-state index is 13.2. The molecule has 10 heteroatoms. The van der Waals surface area contributed by atoms with Crippen LogP contribution in [0, 0.1) is 5.41 Å². The number of carbonyl (C=O) groups excluding carboxylic acids is 2. The van der Waals surface area contributed by atoms with Gasteiger partial charge in [0.05, 0.1) is 4.90 Å². The average molecular weight is 548 g/mol. The van der Waals surface area contributed by atoms with E-state index in [1.807, 2.05) is 12.1 Å². The molecule has 1 aliphatic heterocycles. The first kappa shape index (κ1) is 28.0. The number of benzene rings is 3.